The molecule has 2 amide bonds. The fourth-order valence-electron chi connectivity index (χ4n) is 3.33. The lowest BCUT2D eigenvalue weighted by molar-refractivity contribution is -0.129. The fourth-order valence-corrected chi connectivity index (χ4v) is 3.33. The van der Waals surface area contributed by atoms with E-state index in [1.165, 1.54) is 0 Å². The molecular weight excluding hydrogens is 336 g/mol. The Morgan fingerprint density at radius 2 is 1.07 bits per heavy atom. The average Bonchev–Trinajstić information content (AvgIpc) is 2.71. The maximum absolute atomic E-state index is 13.7. The van der Waals surface area contributed by atoms with Crippen LogP contribution in [0.25, 0.3) is 0 Å². The highest BCUT2D eigenvalue weighted by molar-refractivity contribution is 5.98. The van der Waals surface area contributed by atoms with Gasteiger partial charge in [0.15, 0.2) is 0 Å². The van der Waals surface area contributed by atoms with E-state index in [0.717, 1.165) is 16.7 Å². The van der Waals surface area contributed by atoms with E-state index in [2.05, 4.69) is 5.32 Å². The number of amides is 2. The summed E-state index contributed by atoms with van der Waals surface area (Å²) in [6.45, 7) is 1.59. The molecule has 0 aliphatic heterocycles. The minimum absolute atomic E-state index is 0.294. The van der Waals surface area contributed by atoms with Crippen molar-refractivity contribution in [3.05, 3.63) is 108 Å². The van der Waals surface area contributed by atoms with Gasteiger partial charge in [-0.05, 0) is 23.6 Å². The second kappa shape index (κ2) is 7.87. The van der Waals surface area contributed by atoms with Crippen molar-refractivity contribution in [1.29, 1.82) is 0 Å². The summed E-state index contributed by atoms with van der Waals surface area (Å²) in [5.41, 5.74) is 6.74. The van der Waals surface area contributed by atoms with Crippen molar-refractivity contribution in [1.82, 2.24) is 5.32 Å². The zero-order valence-corrected chi connectivity index (χ0v) is 15.1. The molecule has 136 valence electrons. The van der Waals surface area contributed by atoms with Crippen LogP contribution in [0.3, 0.4) is 0 Å². The Morgan fingerprint density at radius 1 is 0.741 bits per heavy atom. The van der Waals surface area contributed by atoms with E-state index in [-0.39, 0.29) is 5.91 Å². The second-order valence-corrected chi connectivity index (χ2v) is 6.45. The molecule has 0 aliphatic rings. The van der Waals surface area contributed by atoms with Gasteiger partial charge in [-0.3, -0.25) is 9.59 Å². The van der Waals surface area contributed by atoms with Gasteiger partial charge in [-0.15, -0.1) is 0 Å². The van der Waals surface area contributed by atoms with Gasteiger partial charge in [0.25, 0.3) is 0 Å². The number of carbonyl (C=O) groups excluding carboxylic acids is 2. The zero-order chi connectivity index (χ0) is 19.3. The van der Waals surface area contributed by atoms with Gasteiger partial charge in [-0.1, -0.05) is 91.0 Å². The van der Waals surface area contributed by atoms with Gasteiger partial charge in [-0.2, -0.15) is 0 Å². The van der Waals surface area contributed by atoms with E-state index in [1.807, 2.05) is 91.0 Å². The van der Waals surface area contributed by atoms with Crippen molar-refractivity contribution < 1.29 is 9.59 Å². The predicted molar refractivity (Wildman–Crippen MR) is 106 cm³/mol. The highest BCUT2D eigenvalue weighted by Gasteiger charge is 2.44. The van der Waals surface area contributed by atoms with Gasteiger partial charge < -0.3 is 11.1 Å². The molecule has 0 radical (unpaired) electrons. The van der Waals surface area contributed by atoms with Crippen LogP contribution in [0.4, 0.5) is 0 Å². The van der Waals surface area contributed by atoms with Gasteiger partial charge in [-0.25, -0.2) is 0 Å². The van der Waals surface area contributed by atoms with E-state index in [1.54, 1.807) is 6.92 Å². The number of rotatable bonds is 6. The molecule has 3 aromatic rings. The van der Waals surface area contributed by atoms with Gasteiger partial charge in [0.1, 0.15) is 11.5 Å². The average molecular weight is 358 g/mol. The van der Waals surface area contributed by atoms with Crippen molar-refractivity contribution in [3.8, 4) is 0 Å². The standard InChI is InChI=1S/C23H22N2O2/c1-17(21(24)26)25-22(27)23(18-11-5-2-6-12-18,19-13-7-3-8-14-19)20-15-9-4-10-16-20/h2-17H,1H3,(H2,24,26)(H,25,27)/t17-/m0/s1. The van der Waals surface area contributed by atoms with Gasteiger partial charge in [0.2, 0.25) is 11.8 Å². The first-order valence-electron chi connectivity index (χ1n) is 8.83. The fraction of sp³-hybridized carbons (Fsp3) is 0.130. The number of benzene rings is 3. The maximum atomic E-state index is 13.7. The summed E-state index contributed by atoms with van der Waals surface area (Å²) in [5, 5.41) is 2.80. The monoisotopic (exact) mass is 358 g/mol. The molecule has 0 bridgehead atoms. The number of nitrogens with two attached hydrogens (primary N) is 1. The molecule has 0 aliphatic carbocycles. The van der Waals surface area contributed by atoms with Crippen LogP contribution in [-0.4, -0.2) is 17.9 Å². The van der Waals surface area contributed by atoms with Gasteiger partial charge >= 0.3 is 0 Å². The Morgan fingerprint density at radius 3 is 1.37 bits per heavy atom. The smallest absolute Gasteiger partial charge is 0.240 e. The SMILES string of the molecule is C[C@H](NC(=O)C(c1ccccc1)(c1ccccc1)c1ccccc1)C(N)=O. The Balaban J connectivity index is 2.29. The van der Waals surface area contributed by atoms with E-state index in [9.17, 15) is 9.59 Å². The van der Waals surface area contributed by atoms with Crippen molar-refractivity contribution in [2.75, 3.05) is 0 Å². The van der Waals surface area contributed by atoms with Crippen LogP contribution in [0.2, 0.25) is 0 Å². The van der Waals surface area contributed by atoms with Crippen LogP contribution in [0.1, 0.15) is 23.6 Å². The number of nitrogens with one attached hydrogen (secondary N) is 1. The van der Waals surface area contributed by atoms with E-state index >= 15 is 0 Å². The molecule has 0 unspecified atom stereocenters. The normalized spacial score (nSPS) is 12.2. The Labute approximate surface area is 159 Å². The Hall–Kier alpha value is -3.40. The molecule has 0 aromatic heterocycles. The molecule has 1 atom stereocenters. The number of hydrogen-bond acceptors (Lipinski definition) is 2. The van der Waals surface area contributed by atoms with Crippen LogP contribution in [0.15, 0.2) is 91.0 Å². The lowest BCUT2D eigenvalue weighted by atomic mass is 9.68. The molecule has 0 saturated heterocycles. The Bertz CT molecular complexity index is 812. The lowest BCUT2D eigenvalue weighted by Crippen LogP contribution is -2.52. The highest BCUT2D eigenvalue weighted by Crippen LogP contribution is 2.39. The van der Waals surface area contributed by atoms with Gasteiger partial charge in [0.05, 0.1) is 0 Å². The summed E-state index contributed by atoms with van der Waals surface area (Å²) < 4.78 is 0. The van der Waals surface area contributed by atoms with Crippen molar-refractivity contribution in [2.45, 2.75) is 18.4 Å². The molecule has 3 N–H and O–H groups in total. The molecule has 0 fully saturated rings. The van der Waals surface area contributed by atoms with Crippen LogP contribution < -0.4 is 11.1 Å². The lowest BCUT2D eigenvalue weighted by Gasteiger charge is -2.35. The first-order valence-corrected chi connectivity index (χ1v) is 8.83. The highest BCUT2D eigenvalue weighted by atomic mass is 16.2. The molecule has 0 heterocycles. The molecule has 4 nitrogen and oxygen atoms in total. The first kappa shape index (κ1) is 18.4. The van der Waals surface area contributed by atoms with Gasteiger partial charge in [0, 0.05) is 0 Å². The van der Waals surface area contributed by atoms with E-state index in [0.29, 0.717) is 0 Å². The summed E-state index contributed by atoms with van der Waals surface area (Å²) in [6.07, 6.45) is 0. The molecule has 4 heteroatoms. The third-order valence-corrected chi connectivity index (χ3v) is 4.74. The zero-order valence-electron chi connectivity index (χ0n) is 15.1. The quantitative estimate of drug-likeness (QED) is 0.665. The van der Waals surface area contributed by atoms with Crippen LogP contribution in [-0.2, 0) is 15.0 Å². The third kappa shape index (κ3) is 3.47. The van der Waals surface area contributed by atoms with Crippen LogP contribution in [0.5, 0.6) is 0 Å². The summed E-state index contributed by atoms with van der Waals surface area (Å²) in [5.74, 6) is -0.871. The summed E-state index contributed by atoms with van der Waals surface area (Å²) in [7, 11) is 0. The molecule has 27 heavy (non-hydrogen) atoms. The minimum atomic E-state index is -1.10. The van der Waals surface area contributed by atoms with Crippen LogP contribution >= 0.6 is 0 Å². The molecule has 0 saturated carbocycles. The van der Waals surface area contributed by atoms with Crippen LogP contribution in [0, 0.1) is 0 Å². The second-order valence-electron chi connectivity index (χ2n) is 6.45. The van der Waals surface area contributed by atoms with E-state index < -0.39 is 17.4 Å². The van der Waals surface area contributed by atoms with Crippen molar-refractivity contribution in [3.63, 3.8) is 0 Å². The largest absolute Gasteiger partial charge is 0.368 e. The molecule has 3 rings (SSSR count). The summed E-state index contributed by atoms with van der Waals surface area (Å²) in [6, 6.07) is 27.9. The number of carbonyl (C=O) groups is 2. The maximum Gasteiger partial charge on any atom is 0.240 e. The number of primary amides is 1. The van der Waals surface area contributed by atoms with Crippen molar-refractivity contribution >= 4 is 11.8 Å². The predicted octanol–water partition coefficient (Wildman–Crippen LogP) is 3.01. The first-order chi connectivity index (χ1) is 13.1. The Kier molecular flexibility index (Phi) is 5.36. The summed E-state index contributed by atoms with van der Waals surface area (Å²) in [4.78, 5) is 25.2. The summed E-state index contributed by atoms with van der Waals surface area (Å²) >= 11 is 0. The minimum Gasteiger partial charge on any atom is -0.368 e. The van der Waals surface area contributed by atoms with Crippen molar-refractivity contribution in [2.24, 2.45) is 5.73 Å². The topological polar surface area (TPSA) is 72.2 Å². The molecule has 3 aromatic carbocycles. The molecule has 0 spiro atoms. The molecular formula is C23H22N2O2. The van der Waals surface area contributed by atoms with E-state index in [4.69, 9.17) is 5.73 Å². The number of hydrogen-bond donors (Lipinski definition) is 2. The third-order valence-electron chi connectivity index (χ3n) is 4.74.